The molecule has 3 aliphatic heterocycles. The molecule has 0 aromatic heterocycles. The fourth-order valence-corrected chi connectivity index (χ4v) is 9.56. The molecule has 0 radical (unpaired) electrons. The highest BCUT2D eigenvalue weighted by molar-refractivity contribution is 6.10. The Kier molecular flexibility index (Phi) is 13.4. The molecule has 3 heterocycles. The molecule has 1 aliphatic carbocycles. The molecule has 4 aliphatic rings. The number of nitrogens with one attached hydrogen (secondary N) is 1. The molecule has 0 bridgehead atoms. The van der Waals surface area contributed by atoms with Gasteiger partial charge in [-0.05, 0) is 86.8 Å². The molecule has 2 N–H and O–H groups in total. The van der Waals surface area contributed by atoms with Gasteiger partial charge in [-0.2, -0.15) is 10.5 Å². The van der Waals surface area contributed by atoms with E-state index in [2.05, 4.69) is 37.4 Å². The van der Waals surface area contributed by atoms with Crippen molar-refractivity contribution in [3.8, 4) is 29.4 Å². The number of aliphatic hydroxyl groups excluding tert-OH is 1. The monoisotopic (exact) mass is 811 g/mol. The zero-order valence-electron chi connectivity index (χ0n) is 36.5. The Bertz CT molecular complexity index is 2050. The molecule has 318 valence electrons. The summed E-state index contributed by atoms with van der Waals surface area (Å²) >= 11 is 0. The highest BCUT2D eigenvalue weighted by Crippen LogP contribution is 2.67. The van der Waals surface area contributed by atoms with Crippen molar-refractivity contribution >= 4 is 23.6 Å². The van der Waals surface area contributed by atoms with Crippen LogP contribution in [0.2, 0.25) is 0 Å². The standard InChI is InChI=1S/C47H61N3O9/c1-27(2)13-12-18-45(10)19-17-34-39(57-45)33(15-14-28(3)4)41-36(40(34)56-24-22-50-21-23-51)38(52)37-35(32(25-48)26-49)30(6)42(53)46(20-16-29(5)43(54)55-11)47(37,58-41)31(7)44(8,9)59-46/h13-14,16-17,19,30-32,35,37,50-51H,12,15,18,20-24H2,1-11H3/b29-16-. The first-order chi connectivity index (χ1) is 27.8. The summed E-state index contributed by atoms with van der Waals surface area (Å²) in [6.07, 6.45) is 11.3. The number of hydrogen-bond donors (Lipinski definition) is 2. The fraction of sp³-hybridized carbons (Fsp3) is 0.596. The van der Waals surface area contributed by atoms with Crippen LogP contribution in [0, 0.1) is 52.3 Å². The third-order valence-corrected chi connectivity index (χ3v) is 12.8. The number of hydrogen-bond acceptors (Lipinski definition) is 12. The quantitative estimate of drug-likeness (QED) is 0.0790. The van der Waals surface area contributed by atoms with Gasteiger partial charge in [-0.25, -0.2) is 4.79 Å². The van der Waals surface area contributed by atoms with Gasteiger partial charge >= 0.3 is 5.97 Å². The zero-order chi connectivity index (χ0) is 43.7. The van der Waals surface area contributed by atoms with E-state index in [4.69, 9.17) is 23.7 Å². The van der Waals surface area contributed by atoms with Crippen LogP contribution in [0.25, 0.3) is 6.08 Å². The maximum absolute atomic E-state index is 16.1. The molecule has 1 saturated carbocycles. The lowest BCUT2D eigenvalue weighted by molar-refractivity contribution is -0.199. The number of Topliss-reactive ketones (excluding diaryl/α,β-unsaturated/α-hetero) is 2. The molecule has 1 saturated heterocycles. The molecule has 59 heavy (non-hydrogen) atoms. The van der Waals surface area contributed by atoms with Crippen LogP contribution in [0.5, 0.6) is 17.2 Å². The third-order valence-electron chi connectivity index (χ3n) is 12.8. The number of ketones is 2. The van der Waals surface area contributed by atoms with Crippen LogP contribution < -0.4 is 19.5 Å². The summed E-state index contributed by atoms with van der Waals surface area (Å²) in [5, 5.41) is 33.5. The Labute approximate surface area is 349 Å². The Morgan fingerprint density at radius 3 is 2.29 bits per heavy atom. The van der Waals surface area contributed by atoms with E-state index < -0.39 is 69.5 Å². The molecule has 12 heteroatoms. The first-order valence-corrected chi connectivity index (χ1v) is 20.7. The van der Waals surface area contributed by atoms with Crippen molar-refractivity contribution in [1.29, 1.82) is 10.5 Å². The van der Waals surface area contributed by atoms with E-state index in [1.807, 2.05) is 59.8 Å². The topological polar surface area (TPSA) is 177 Å². The van der Waals surface area contributed by atoms with Gasteiger partial charge in [0.2, 0.25) is 0 Å². The van der Waals surface area contributed by atoms with Crippen molar-refractivity contribution in [3.05, 3.63) is 57.7 Å². The predicted molar refractivity (Wildman–Crippen MR) is 223 cm³/mol. The van der Waals surface area contributed by atoms with E-state index in [0.717, 1.165) is 12.0 Å². The molecule has 7 unspecified atom stereocenters. The predicted octanol–water partition coefficient (Wildman–Crippen LogP) is 7.19. The van der Waals surface area contributed by atoms with Gasteiger partial charge in [0.05, 0.1) is 42.9 Å². The van der Waals surface area contributed by atoms with Crippen LogP contribution in [0.4, 0.5) is 0 Å². The number of fused-ring (bicyclic) bond motifs is 2. The SMILES string of the molecule is COC(=O)/C(C)=C\CC12OC(C)(C)C(C)C13Oc1c(CC=C(C)C)c4c(c(OCCNCCO)c1C(=O)C3C(C(C#N)C#N)C(C)C2=O)C=CC(C)(CCC=C(C)C)O4. The van der Waals surface area contributed by atoms with Crippen molar-refractivity contribution < 1.29 is 43.2 Å². The zero-order valence-corrected chi connectivity index (χ0v) is 36.5. The van der Waals surface area contributed by atoms with Crippen LogP contribution in [0.15, 0.2) is 41.0 Å². The minimum atomic E-state index is -1.84. The van der Waals surface area contributed by atoms with Crippen molar-refractivity contribution in [3.63, 3.8) is 0 Å². The number of allylic oxidation sites excluding steroid dienone is 4. The number of rotatable bonds is 15. The summed E-state index contributed by atoms with van der Waals surface area (Å²) in [5.74, 6) is -5.87. The summed E-state index contributed by atoms with van der Waals surface area (Å²) in [6.45, 7) is 19.6. The number of methoxy groups -OCH3 is 1. The lowest BCUT2D eigenvalue weighted by Gasteiger charge is -2.58. The maximum Gasteiger partial charge on any atom is 0.333 e. The van der Waals surface area contributed by atoms with Crippen LogP contribution in [-0.2, 0) is 25.5 Å². The van der Waals surface area contributed by atoms with Crippen molar-refractivity contribution in [2.45, 2.75) is 117 Å². The van der Waals surface area contributed by atoms with Gasteiger partial charge in [-0.3, -0.25) is 9.59 Å². The summed E-state index contributed by atoms with van der Waals surface area (Å²) in [5.41, 5.74) is -1.68. The molecule has 1 aromatic rings. The summed E-state index contributed by atoms with van der Waals surface area (Å²) in [6, 6.07) is 4.21. The minimum absolute atomic E-state index is 0.0637. The number of aliphatic hydroxyl groups is 1. The van der Waals surface area contributed by atoms with Crippen LogP contribution in [0.3, 0.4) is 0 Å². The van der Waals surface area contributed by atoms with E-state index in [1.54, 1.807) is 19.9 Å². The second-order valence-electron chi connectivity index (χ2n) is 17.7. The van der Waals surface area contributed by atoms with Gasteiger partial charge in [0.15, 0.2) is 22.8 Å². The first-order valence-electron chi connectivity index (χ1n) is 20.7. The molecule has 12 nitrogen and oxygen atoms in total. The Morgan fingerprint density at radius 2 is 1.68 bits per heavy atom. The maximum atomic E-state index is 16.1. The van der Waals surface area contributed by atoms with Crippen molar-refractivity contribution in [2.75, 3.05) is 33.4 Å². The number of benzene rings is 1. The summed E-state index contributed by atoms with van der Waals surface area (Å²) < 4.78 is 33.2. The average molecular weight is 812 g/mol. The summed E-state index contributed by atoms with van der Waals surface area (Å²) in [4.78, 5) is 44.1. The average Bonchev–Trinajstić information content (AvgIpc) is 3.35. The molecular weight excluding hydrogens is 751 g/mol. The molecule has 7 atom stereocenters. The number of ether oxygens (including phenoxy) is 5. The fourth-order valence-electron chi connectivity index (χ4n) is 9.56. The second kappa shape index (κ2) is 17.5. The largest absolute Gasteiger partial charge is 0.491 e. The smallest absolute Gasteiger partial charge is 0.333 e. The van der Waals surface area contributed by atoms with Crippen LogP contribution >= 0.6 is 0 Å². The van der Waals surface area contributed by atoms with Crippen LogP contribution in [0.1, 0.15) is 110 Å². The molecule has 1 aromatic carbocycles. The third kappa shape index (κ3) is 7.88. The van der Waals surface area contributed by atoms with Gasteiger partial charge < -0.3 is 34.1 Å². The van der Waals surface area contributed by atoms with E-state index >= 15 is 9.59 Å². The van der Waals surface area contributed by atoms with Gasteiger partial charge in [-0.15, -0.1) is 0 Å². The van der Waals surface area contributed by atoms with Crippen molar-refractivity contribution in [1.82, 2.24) is 5.32 Å². The highest BCUT2D eigenvalue weighted by atomic mass is 16.6. The molecule has 1 spiro atoms. The Morgan fingerprint density at radius 1 is 1.00 bits per heavy atom. The normalized spacial score (nSPS) is 28.8. The van der Waals surface area contributed by atoms with Crippen LogP contribution in [-0.4, -0.2) is 78.5 Å². The van der Waals surface area contributed by atoms with Gasteiger partial charge in [0, 0.05) is 48.4 Å². The minimum Gasteiger partial charge on any atom is -0.491 e. The molecule has 5 rings (SSSR count). The lowest BCUT2D eigenvalue weighted by atomic mass is 9.48. The first kappa shape index (κ1) is 45.3. The Hall–Kier alpha value is -4.75. The van der Waals surface area contributed by atoms with E-state index in [0.29, 0.717) is 42.8 Å². The van der Waals surface area contributed by atoms with Gasteiger partial charge in [-0.1, -0.05) is 43.2 Å². The summed E-state index contributed by atoms with van der Waals surface area (Å²) in [7, 11) is 1.27. The van der Waals surface area contributed by atoms with E-state index in [1.165, 1.54) is 12.7 Å². The number of esters is 1. The Balaban J connectivity index is 1.91. The number of carbonyl (C=O) groups excluding carboxylic acids is 3. The molecule has 2 fully saturated rings. The number of carbonyl (C=O) groups is 3. The second-order valence-corrected chi connectivity index (χ2v) is 17.7. The van der Waals surface area contributed by atoms with Gasteiger partial charge in [0.1, 0.15) is 40.9 Å². The van der Waals surface area contributed by atoms with E-state index in [9.17, 15) is 20.4 Å². The highest BCUT2D eigenvalue weighted by Gasteiger charge is 2.81. The van der Waals surface area contributed by atoms with Crippen molar-refractivity contribution in [2.24, 2.45) is 29.6 Å². The molecular formula is C47H61N3O9. The number of nitriles is 2. The number of nitrogens with zero attached hydrogens (tertiary/aromatic N) is 2. The van der Waals surface area contributed by atoms with E-state index in [-0.39, 0.29) is 42.3 Å². The lowest BCUT2D eigenvalue weighted by Crippen LogP contribution is -2.75. The van der Waals surface area contributed by atoms with Gasteiger partial charge in [0.25, 0.3) is 0 Å². The molecule has 0 amide bonds.